The molecule has 4 unspecified atom stereocenters. The second kappa shape index (κ2) is 8.99. The first kappa shape index (κ1) is 20.0. The Labute approximate surface area is 163 Å². The average molecular weight is 392 g/mol. The molecule has 9 heteroatoms. The van der Waals surface area contributed by atoms with Gasteiger partial charge in [-0.2, -0.15) is 0 Å². The number of urea groups is 1. The summed E-state index contributed by atoms with van der Waals surface area (Å²) in [7, 11) is 0. The zero-order valence-electron chi connectivity index (χ0n) is 15.8. The molecule has 3 rings (SSSR count). The van der Waals surface area contributed by atoms with Crippen molar-refractivity contribution in [2.75, 3.05) is 6.54 Å². The maximum atomic E-state index is 12.4. The number of primary amides is 1. The molecular formula is C19H28N4O5. The van der Waals surface area contributed by atoms with Gasteiger partial charge in [-0.05, 0) is 36.8 Å². The van der Waals surface area contributed by atoms with E-state index in [2.05, 4.69) is 10.6 Å². The van der Waals surface area contributed by atoms with E-state index in [4.69, 9.17) is 10.2 Å². The first-order chi connectivity index (χ1) is 13.5. The Kier molecular flexibility index (Phi) is 6.43. The summed E-state index contributed by atoms with van der Waals surface area (Å²) in [6.45, 7) is 0.605. The summed E-state index contributed by atoms with van der Waals surface area (Å²) in [5, 5.41) is 15.2. The van der Waals surface area contributed by atoms with Crippen molar-refractivity contribution in [3.8, 4) is 0 Å². The van der Waals surface area contributed by atoms with Crippen LogP contribution in [-0.4, -0.2) is 46.7 Å². The number of rotatable bonds is 6. The number of nitrogens with zero attached hydrogens (tertiary/aromatic N) is 1. The maximum absolute atomic E-state index is 12.4. The van der Waals surface area contributed by atoms with Gasteiger partial charge in [-0.15, -0.1) is 0 Å². The summed E-state index contributed by atoms with van der Waals surface area (Å²) in [4.78, 5) is 37.4. The molecule has 0 aromatic carbocycles. The Morgan fingerprint density at radius 1 is 1.29 bits per heavy atom. The monoisotopic (exact) mass is 392 g/mol. The summed E-state index contributed by atoms with van der Waals surface area (Å²) >= 11 is 0. The molecule has 4 atom stereocenters. The molecule has 4 amide bonds. The van der Waals surface area contributed by atoms with Gasteiger partial charge in [0.05, 0.1) is 24.9 Å². The number of hydrogen-bond donors (Lipinski definition) is 4. The van der Waals surface area contributed by atoms with E-state index in [0.717, 1.165) is 32.1 Å². The molecule has 1 aromatic heterocycles. The third-order valence-corrected chi connectivity index (χ3v) is 5.91. The first-order valence-electron chi connectivity index (χ1n) is 9.80. The van der Waals surface area contributed by atoms with Gasteiger partial charge in [-0.25, -0.2) is 9.59 Å². The van der Waals surface area contributed by atoms with Crippen LogP contribution >= 0.6 is 0 Å². The molecule has 5 N–H and O–H groups in total. The number of hydrogen-bond acceptors (Lipinski definition) is 4. The first-order valence-corrected chi connectivity index (χ1v) is 9.80. The van der Waals surface area contributed by atoms with E-state index >= 15 is 0 Å². The van der Waals surface area contributed by atoms with E-state index in [1.165, 1.54) is 11.2 Å². The highest BCUT2D eigenvalue weighted by Crippen LogP contribution is 2.41. The van der Waals surface area contributed by atoms with Crippen molar-refractivity contribution in [3.05, 3.63) is 24.2 Å². The van der Waals surface area contributed by atoms with E-state index in [1.807, 2.05) is 0 Å². The van der Waals surface area contributed by atoms with E-state index in [1.54, 1.807) is 12.1 Å². The minimum absolute atomic E-state index is 0.105. The zero-order valence-corrected chi connectivity index (χ0v) is 15.8. The maximum Gasteiger partial charge on any atom is 0.407 e. The Balaban J connectivity index is 1.75. The number of nitrogens with one attached hydrogen (secondary N) is 2. The zero-order chi connectivity index (χ0) is 20.1. The van der Waals surface area contributed by atoms with Crippen LogP contribution in [0.2, 0.25) is 0 Å². The number of furan rings is 1. The molecule has 2 heterocycles. The van der Waals surface area contributed by atoms with E-state index in [-0.39, 0.29) is 18.9 Å². The fourth-order valence-corrected chi connectivity index (χ4v) is 4.74. The highest BCUT2D eigenvalue weighted by Gasteiger charge is 2.45. The minimum Gasteiger partial charge on any atom is -0.467 e. The van der Waals surface area contributed by atoms with Gasteiger partial charge < -0.3 is 30.8 Å². The van der Waals surface area contributed by atoms with Crippen LogP contribution < -0.4 is 16.4 Å². The van der Waals surface area contributed by atoms with Crippen molar-refractivity contribution >= 4 is 18.0 Å². The molecular weight excluding hydrogens is 364 g/mol. The van der Waals surface area contributed by atoms with Gasteiger partial charge in [0.1, 0.15) is 5.76 Å². The molecule has 1 saturated heterocycles. The van der Waals surface area contributed by atoms with Crippen molar-refractivity contribution in [3.63, 3.8) is 0 Å². The SMILES string of the molecule is NC(=O)CC(NC(=O)NCc1ccco1)C1C2CCCCC2CCN1C(=O)O. The standard InChI is InChI=1S/C19H28N4O5/c20-16(24)10-15(22-18(25)21-11-13-5-3-9-28-13)17-14-6-2-1-4-12(14)7-8-23(17)19(26)27/h3,5,9,12,14-15,17H,1-2,4,6-8,10-11H2,(H2,20,24)(H,26,27)(H2,21,22,25). The van der Waals surface area contributed by atoms with Crippen LogP contribution in [0, 0.1) is 11.8 Å². The van der Waals surface area contributed by atoms with Crippen molar-refractivity contribution in [2.45, 2.75) is 57.2 Å². The molecule has 154 valence electrons. The van der Waals surface area contributed by atoms with Gasteiger partial charge >= 0.3 is 12.1 Å². The Bertz CT molecular complexity index is 693. The van der Waals surface area contributed by atoms with Crippen LogP contribution in [-0.2, 0) is 11.3 Å². The summed E-state index contributed by atoms with van der Waals surface area (Å²) < 4.78 is 5.19. The minimum atomic E-state index is -1.03. The molecule has 28 heavy (non-hydrogen) atoms. The van der Waals surface area contributed by atoms with Gasteiger partial charge in [-0.3, -0.25) is 4.79 Å². The van der Waals surface area contributed by atoms with Crippen molar-refractivity contribution in [1.29, 1.82) is 0 Å². The topological polar surface area (TPSA) is 138 Å². The lowest BCUT2D eigenvalue weighted by molar-refractivity contribution is -0.119. The Morgan fingerprint density at radius 2 is 2.07 bits per heavy atom. The van der Waals surface area contributed by atoms with Crippen LogP contribution in [0.5, 0.6) is 0 Å². The van der Waals surface area contributed by atoms with E-state index in [9.17, 15) is 19.5 Å². The lowest BCUT2D eigenvalue weighted by Gasteiger charge is -2.49. The lowest BCUT2D eigenvalue weighted by Crippen LogP contribution is -2.62. The number of fused-ring (bicyclic) bond motifs is 1. The highest BCUT2D eigenvalue weighted by molar-refractivity contribution is 5.78. The largest absolute Gasteiger partial charge is 0.467 e. The molecule has 0 spiro atoms. The fraction of sp³-hybridized carbons (Fsp3) is 0.632. The third kappa shape index (κ3) is 4.76. The summed E-state index contributed by atoms with van der Waals surface area (Å²) in [6, 6.07) is 1.85. The Hall–Kier alpha value is -2.71. The molecule has 1 aromatic rings. The van der Waals surface area contributed by atoms with E-state index in [0.29, 0.717) is 18.2 Å². The second-order valence-corrected chi connectivity index (χ2v) is 7.65. The number of nitrogens with two attached hydrogens (primary N) is 1. The number of carboxylic acid groups (broad SMARTS) is 1. The van der Waals surface area contributed by atoms with Crippen LogP contribution in [0.25, 0.3) is 0 Å². The normalized spacial score (nSPS) is 25.4. The van der Waals surface area contributed by atoms with Crippen LogP contribution in [0.15, 0.2) is 22.8 Å². The smallest absolute Gasteiger partial charge is 0.407 e. The van der Waals surface area contributed by atoms with Crippen LogP contribution in [0.4, 0.5) is 9.59 Å². The third-order valence-electron chi connectivity index (χ3n) is 5.91. The molecule has 1 aliphatic carbocycles. The summed E-state index contributed by atoms with van der Waals surface area (Å²) in [5.74, 6) is 0.560. The molecule has 1 saturated carbocycles. The molecule has 2 aliphatic rings. The van der Waals surface area contributed by atoms with Crippen molar-refractivity contribution < 1.29 is 23.9 Å². The van der Waals surface area contributed by atoms with Gasteiger partial charge in [0.2, 0.25) is 5.91 Å². The number of piperidine rings is 1. The number of carbonyl (C=O) groups is 3. The molecule has 9 nitrogen and oxygen atoms in total. The van der Waals surface area contributed by atoms with Crippen molar-refractivity contribution in [2.24, 2.45) is 17.6 Å². The highest BCUT2D eigenvalue weighted by atomic mass is 16.4. The predicted molar refractivity (Wildman–Crippen MR) is 100 cm³/mol. The second-order valence-electron chi connectivity index (χ2n) is 7.65. The van der Waals surface area contributed by atoms with Gasteiger partial charge in [0, 0.05) is 13.0 Å². The number of amides is 4. The van der Waals surface area contributed by atoms with Crippen molar-refractivity contribution in [1.82, 2.24) is 15.5 Å². The van der Waals surface area contributed by atoms with Gasteiger partial charge in [-0.1, -0.05) is 19.3 Å². The van der Waals surface area contributed by atoms with Gasteiger partial charge in [0.25, 0.3) is 0 Å². The number of likely N-dealkylation sites (tertiary alicyclic amines) is 1. The lowest BCUT2D eigenvalue weighted by atomic mass is 9.68. The quantitative estimate of drug-likeness (QED) is 0.586. The Morgan fingerprint density at radius 3 is 2.75 bits per heavy atom. The number of carbonyl (C=O) groups excluding carboxylic acids is 2. The summed E-state index contributed by atoms with van der Waals surface area (Å²) in [5.41, 5.74) is 5.42. The average Bonchev–Trinajstić information content (AvgIpc) is 3.18. The predicted octanol–water partition coefficient (Wildman–Crippen LogP) is 1.88. The fourth-order valence-electron chi connectivity index (χ4n) is 4.74. The summed E-state index contributed by atoms with van der Waals surface area (Å²) in [6.07, 6.45) is 5.32. The molecule has 0 bridgehead atoms. The molecule has 1 aliphatic heterocycles. The van der Waals surface area contributed by atoms with Crippen LogP contribution in [0.3, 0.4) is 0 Å². The van der Waals surface area contributed by atoms with Gasteiger partial charge in [0.15, 0.2) is 0 Å². The van der Waals surface area contributed by atoms with Crippen LogP contribution in [0.1, 0.15) is 44.3 Å². The van der Waals surface area contributed by atoms with E-state index < -0.39 is 30.1 Å². The molecule has 2 fully saturated rings. The molecule has 0 radical (unpaired) electrons.